The lowest BCUT2D eigenvalue weighted by molar-refractivity contribution is -0.137. The summed E-state index contributed by atoms with van der Waals surface area (Å²) in [7, 11) is 0. The maximum Gasteiger partial charge on any atom is 0.257 e. The Balaban J connectivity index is 1.40. The molecule has 6 rings (SSSR count). The number of carbonyl (C=O) groups excluding carboxylic acids is 2. The van der Waals surface area contributed by atoms with Crippen LogP contribution in [0.4, 0.5) is 14.6 Å². The highest BCUT2D eigenvalue weighted by Gasteiger charge is 2.59. The predicted molar refractivity (Wildman–Crippen MR) is 130 cm³/mol. The molecular weight excluding hydrogens is 488 g/mol. The van der Waals surface area contributed by atoms with Gasteiger partial charge in [0.05, 0.1) is 28.2 Å². The Hall–Kier alpha value is -3.98. The maximum atomic E-state index is 14.0. The number of likely N-dealkylation sites (tertiary alicyclic amines) is 1. The average molecular weight is 508 g/mol. The Bertz CT molecular complexity index is 1520. The summed E-state index contributed by atoms with van der Waals surface area (Å²) in [5.74, 6) is -1.81. The number of pyridine rings is 1. The van der Waals surface area contributed by atoms with E-state index >= 15 is 0 Å². The number of nitrogens with zero attached hydrogens (tertiary/aromatic N) is 3. The van der Waals surface area contributed by atoms with Crippen LogP contribution >= 0.6 is 11.6 Å². The van der Waals surface area contributed by atoms with Crippen molar-refractivity contribution in [2.24, 2.45) is 0 Å². The van der Waals surface area contributed by atoms with Gasteiger partial charge in [0, 0.05) is 36.8 Å². The van der Waals surface area contributed by atoms with Crippen LogP contribution in [0.25, 0.3) is 11.0 Å². The zero-order chi connectivity index (χ0) is 25.2. The number of hydrogen-bond donors (Lipinski definition) is 2. The molecule has 4 aromatic rings. The molecule has 0 bridgehead atoms. The lowest BCUT2D eigenvalue weighted by Crippen LogP contribution is -2.49. The smallest absolute Gasteiger partial charge is 0.257 e. The van der Waals surface area contributed by atoms with E-state index < -0.39 is 11.4 Å². The first-order valence-electron chi connectivity index (χ1n) is 11.4. The van der Waals surface area contributed by atoms with Crippen molar-refractivity contribution >= 4 is 40.3 Å². The van der Waals surface area contributed by atoms with Gasteiger partial charge in [-0.15, -0.1) is 0 Å². The molecule has 2 aliphatic rings. The lowest BCUT2D eigenvalue weighted by Gasteiger charge is -2.34. The molecule has 0 saturated carbocycles. The van der Waals surface area contributed by atoms with Crippen molar-refractivity contribution in [3.8, 4) is 0 Å². The first-order valence-corrected chi connectivity index (χ1v) is 11.7. The molecule has 1 atom stereocenters. The van der Waals surface area contributed by atoms with Gasteiger partial charge in [-0.05, 0) is 29.8 Å². The lowest BCUT2D eigenvalue weighted by atomic mass is 9.87. The Kier molecular flexibility index (Phi) is 5.01. The Morgan fingerprint density at radius 1 is 1.08 bits per heavy atom. The standard InChI is InChI=1S/C26H20ClF2N5O2/c27-18-3-1-2-17-22(18)24(35)34(13-16-10-20-21(31-16)11-19(29)23(30)32-20)26(17)8-9-33(25(26)36)12-14-4-6-15(28)7-5-14/h1-7,10-11,31H,8-9,12-13H2,(H2,30,32)/t26-/m0/s1. The van der Waals surface area contributed by atoms with Crippen LogP contribution < -0.4 is 5.73 Å². The van der Waals surface area contributed by atoms with Crippen molar-refractivity contribution in [3.05, 3.63) is 93.6 Å². The third kappa shape index (κ3) is 3.26. The molecule has 36 heavy (non-hydrogen) atoms. The van der Waals surface area contributed by atoms with Crippen molar-refractivity contribution in [2.45, 2.75) is 25.0 Å². The second kappa shape index (κ2) is 8.03. The van der Waals surface area contributed by atoms with Crippen LogP contribution in [0.3, 0.4) is 0 Å². The molecule has 10 heteroatoms. The van der Waals surface area contributed by atoms with Crippen molar-refractivity contribution in [1.29, 1.82) is 0 Å². The zero-order valence-electron chi connectivity index (χ0n) is 18.9. The first kappa shape index (κ1) is 22.5. The second-order valence-corrected chi connectivity index (χ2v) is 9.51. The summed E-state index contributed by atoms with van der Waals surface area (Å²) in [6, 6.07) is 14.0. The van der Waals surface area contributed by atoms with E-state index in [0.29, 0.717) is 40.8 Å². The summed E-state index contributed by atoms with van der Waals surface area (Å²) in [4.78, 5) is 38.0. The Labute approximate surface area is 209 Å². The highest BCUT2D eigenvalue weighted by Crippen LogP contribution is 2.49. The van der Waals surface area contributed by atoms with Gasteiger partial charge in [-0.25, -0.2) is 13.8 Å². The van der Waals surface area contributed by atoms with Crippen LogP contribution in [0.2, 0.25) is 5.02 Å². The van der Waals surface area contributed by atoms with E-state index in [9.17, 15) is 18.4 Å². The number of nitrogens with one attached hydrogen (secondary N) is 1. The number of anilines is 1. The van der Waals surface area contributed by atoms with E-state index in [1.807, 2.05) is 0 Å². The second-order valence-electron chi connectivity index (χ2n) is 9.10. The number of nitrogen functional groups attached to an aromatic ring is 1. The van der Waals surface area contributed by atoms with Gasteiger partial charge >= 0.3 is 0 Å². The molecule has 0 unspecified atom stereocenters. The van der Waals surface area contributed by atoms with Crippen molar-refractivity contribution in [1.82, 2.24) is 19.8 Å². The summed E-state index contributed by atoms with van der Waals surface area (Å²) in [6.07, 6.45) is 0.367. The molecule has 2 aromatic heterocycles. The minimum Gasteiger partial charge on any atom is -0.381 e. The normalized spacial score (nSPS) is 19.2. The van der Waals surface area contributed by atoms with Crippen LogP contribution in [0.5, 0.6) is 0 Å². The summed E-state index contributed by atoms with van der Waals surface area (Å²) in [6.45, 7) is 0.744. The van der Waals surface area contributed by atoms with Crippen LogP contribution in [0, 0.1) is 11.6 Å². The van der Waals surface area contributed by atoms with E-state index in [0.717, 1.165) is 5.56 Å². The Morgan fingerprint density at radius 2 is 1.86 bits per heavy atom. The summed E-state index contributed by atoms with van der Waals surface area (Å²) < 4.78 is 27.3. The topological polar surface area (TPSA) is 95.3 Å². The van der Waals surface area contributed by atoms with Crippen molar-refractivity contribution in [2.75, 3.05) is 12.3 Å². The number of rotatable bonds is 4. The fraction of sp³-hybridized carbons (Fsp3) is 0.192. The first-order chi connectivity index (χ1) is 17.3. The van der Waals surface area contributed by atoms with Gasteiger partial charge in [0.15, 0.2) is 17.2 Å². The van der Waals surface area contributed by atoms with Crippen molar-refractivity contribution in [3.63, 3.8) is 0 Å². The third-order valence-electron chi connectivity index (χ3n) is 7.02. The number of hydrogen-bond acceptors (Lipinski definition) is 4. The SMILES string of the molecule is Nc1nc2cc(CN3C(=O)c4c(Cl)cccc4[C@]34CCN(Cc3ccc(F)cc3)C4=O)[nH]c2cc1F. The molecule has 182 valence electrons. The van der Waals surface area contributed by atoms with Crippen LogP contribution in [0.15, 0.2) is 54.6 Å². The van der Waals surface area contributed by atoms with E-state index in [1.54, 1.807) is 41.3 Å². The highest BCUT2D eigenvalue weighted by atomic mass is 35.5. The van der Waals surface area contributed by atoms with E-state index in [4.69, 9.17) is 17.3 Å². The molecule has 0 aliphatic carbocycles. The number of carbonyl (C=O) groups is 2. The van der Waals surface area contributed by atoms with Gasteiger partial charge in [-0.2, -0.15) is 0 Å². The van der Waals surface area contributed by atoms with Gasteiger partial charge in [0.2, 0.25) is 0 Å². The number of nitrogens with two attached hydrogens (primary N) is 1. The predicted octanol–water partition coefficient (Wildman–Crippen LogP) is 4.36. The average Bonchev–Trinajstić information content (AvgIpc) is 3.46. The van der Waals surface area contributed by atoms with Gasteiger partial charge < -0.3 is 20.5 Å². The number of H-pyrrole nitrogens is 1. The number of aromatic nitrogens is 2. The molecule has 1 fully saturated rings. The van der Waals surface area contributed by atoms with Gasteiger partial charge in [0.25, 0.3) is 11.8 Å². The highest BCUT2D eigenvalue weighted by molar-refractivity contribution is 6.34. The maximum absolute atomic E-state index is 14.0. The summed E-state index contributed by atoms with van der Waals surface area (Å²) >= 11 is 6.44. The number of aromatic amines is 1. The molecule has 1 spiro atoms. The number of fused-ring (bicyclic) bond motifs is 3. The third-order valence-corrected chi connectivity index (χ3v) is 7.33. The van der Waals surface area contributed by atoms with Crippen LogP contribution in [0.1, 0.15) is 33.6 Å². The van der Waals surface area contributed by atoms with E-state index in [1.165, 1.54) is 23.1 Å². The molecule has 0 radical (unpaired) electrons. The molecule has 2 amide bonds. The largest absolute Gasteiger partial charge is 0.381 e. The molecule has 1 saturated heterocycles. The summed E-state index contributed by atoms with van der Waals surface area (Å²) in [5, 5.41) is 0.275. The quantitative estimate of drug-likeness (QED) is 0.429. The molecule has 2 aliphatic heterocycles. The monoisotopic (exact) mass is 507 g/mol. The van der Waals surface area contributed by atoms with Crippen molar-refractivity contribution < 1.29 is 18.4 Å². The van der Waals surface area contributed by atoms with Crippen LogP contribution in [-0.4, -0.2) is 38.1 Å². The fourth-order valence-electron chi connectivity index (χ4n) is 5.33. The zero-order valence-corrected chi connectivity index (χ0v) is 19.6. The Morgan fingerprint density at radius 3 is 2.64 bits per heavy atom. The van der Waals surface area contributed by atoms with E-state index in [-0.39, 0.29) is 41.6 Å². The summed E-state index contributed by atoms with van der Waals surface area (Å²) in [5.41, 5.74) is 7.48. The molecule has 2 aromatic carbocycles. The van der Waals surface area contributed by atoms with Crippen LogP contribution in [-0.2, 0) is 23.4 Å². The number of halogens is 3. The molecule has 4 heterocycles. The van der Waals surface area contributed by atoms with Gasteiger partial charge in [-0.1, -0.05) is 35.9 Å². The number of benzene rings is 2. The molecule has 7 nitrogen and oxygen atoms in total. The fourth-order valence-corrected chi connectivity index (χ4v) is 5.59. The molecular formula is C26H20ClF2N5O2. The van der Waals surface area contributed by atoms with E-state index in [2.05, 4.69) is 9.97 Å². The van der Waals surface area contributed by atoms with Gasteiger partial charge in [0.1, 0.15) is 5.82 Å². The number of amides is 2. The minimum absolute atomic E-state index is 0.0534. The molecule has 3 N–H and O–H groups in total. The minimum atomic E-state index is -1.24. The van der Waals surface area contributed by atoms with Gasteiger partial charge in [-0.3, -0.25) is 9.59 Å².